The van der Waals surface area contributed by atoms with Crippen LogP contribution in [0.3, 0.4) is 0 Å². The molecule has 6 heteroatoms. The Morgan fingerprint density at radius 2 is 2.08 bits per heavy atom. The van der Waals surface area contributed by atoms with Crippen LogP contribution in [-0.2, 0) is 10.3 Å². The van der Waals surface area contributed by atoms with Gasteiger partial charge in [-0.25, -0.2) is 6.57 Å². The van der Waals surface area contributed by atoms with Gasteiger partial charge in [-0.2, -0.15) is 0 Å². The first kappa shape index (κ1) is 18.7. The molecule has 0 amide bonds. The minimum Gasteiger partial charge on any atom is -0.381 e. The van der Waals surface area contributed by atoms with E-state index in [0.717, 1.165) is 44.2 Å². The van der Waals surface area contributed by atoms with Crippen molar-refractivity contribution < 1.29 is 9.66 Å². The summed E-state index contributed by atoms with van der Waals surface area (Å²) in [4.78, 5) is 17.6. The molecule has 140 valence electrons. The van der Waals surface area contributed by atoms with Crippen molar-refractivity contribution in [3.63, 3.8) is 0 Å². The summed E-state index contributed by atoms with van der Waals surface area (Å²) in [6.45, 7) is 14.0. The molecule has 1 aromatic carbocycles. The molecule has 6 nitrogen and oxygen atoms in total. The van der Waals surface area contributed by atoms with Crippen LogP contribution < -0.4 is 4.90 Å². The number of hydrogen-bond acceptors (Lipinski definition) is 4. The molecule has 1 saturated heterocycles. The fraction of sp³-hybridized carbons (Fsp3) is 0.650. The third-order valence-electron chi connectivity index (χ3n) is 5.61. The van der Waals surface area contributed by atoms with Gasteiger partial charge in [0.05, 0.1) is 4.92 Å². The van der Waals surface area contributed by atoms with Crippen molar-refractivity contribution in [2.24, 2.45) is 5.92 Å². The SMILES string of the molecule is [C-]#[N+]C1(c2ccc(N(CC(C)C)C3CCOCC3)c([N+](=O)[O-])c2)CCC1. The van der Waals surface area contributed by atoms with Gasteiger partial charge in [0.1, 0.15) is 5.69 Å². The number of rotatable bonds is 6. The van der Waals surface area contributed by atoms with Crippen molar-refractivity contribution in [2.75, 3.05) is 24.7 Å². The highest BCUT2D eigenvalue weighted by Crippen LogP contribution is 2.47. The molecule has 0 bridgehead atoms. The number of hydrogen-bond donors (Lipinski definition) is 0. The van der Waals surface area contributed by atoms with Crippen LogP contribution >= 0.6 is 0 Å². The van der Waals surface area contributed by atoms with E-state index in [-0.39, 0.29) is 16.7 Å². The molecule has 1 aromatic rings. The van der Waals surface area contributed by atoms with Crippen LogP contribution in [0.2, 0.25) is 0 Å². The Balaban J connectivity index is 2.00. The molecule has 0 spiro atoms. The minimum atomic E-state index is -0.551. The van der Waals surface area contributed by atoms with Gasteiger partial charge in [0.2, 0.25) is 0 Å². The zero-order valence-corrected chi connectivity index (χ0v) is 15.6. The summed E-state index contributed by atoms with van der Waals surface area (Å²) >= 11 is 0. The van der Waals surface area contributed by atoms with Crippen molar-refractivity contribution in [1.29, 1.82) is 0 Å². The summed E-state index contributed by atoms with van der Waals surface area (Å²) in [6, 6.07) is 5.72. The molecule has 3 rings (SSSR count). The van der Waals surface area contributed by atoms with E-state index in [1.807, 2.05) is 12.1 Å². The lowest BCUT2D eigenvalue weighted by molar-refractivity contribution is -0.384. The third kappa shape index (κ3) is 3.54. The molecule has 1 saturated carbocycles. The molecule has 2 fully saturated rings. The molecule has 0 radical (unpaired) electrons. The first-order valence-electron chi connectivity index (χ1n) is 9.49. The number of nitro benzene ring substituents is 1. The Morgan fingerprint density at radius 1 is 1.38 bits per heavy atom. The van der Waals surface area contributed by atoms with Gasteiger partial charge < -0.3 is 14.5 Å². The van der Waals surface area contributed by atoms with Crippen LogP contribution in [0, 0.1) is 22.6 Å². The van der Waals surface area contributed by atoms with Gasteiger partial charge in [-0.05, 0) is 37.3 Å². The molecule has 26 heavy (non-hydrogen) atoms. The lowest BCUT2D eigenvalue weighted by atomic mass is 9.72. The summed E-state index contributed by atoms with van der Waals surface area (Å²) in [5.74, 6) is 0.401. The largest absolute Gasteiger partial charge is 0.381 e. The molecule has 0 aromatic heterocycles. The van der Waals surface area contributed by atoms with Crippen LogP contribution in [0.15, 0.2) is 18.2 Å². The van der Waals surface area contributed by atoms with Crippen molar-refractivity contribution in [3.05, 3.63) is 45.3 Å². The van der Waals surface area contributed by atoms with Crippen molar-refractivity contribution in [3.8, 4) is 0 Å². The van der Waals surface area contributed by atoms with Crippen LogP contribution in [-0.4, -0.2) is 30.7 Å². The molecule has 0 atom stereocenters. The fourth-order valence-electron chi connectivity index (χ4n) is 4.01. The summed E-state index contributed by atoms with van der Waals surface area (Å²) < 4.78 is 5.48. The normalized spacial score (nSPS) is 19.6. The summed E-state index contributed by atoms with van der Waals surface area (Å²) in [5.41, 5.74) is 1.05. The molecule has 1 heterocycles. The number of anilines is 1. The van der Waals surface area contributed by atoms with Gasteiger partial charge in [0.25, 0.3) is 11.2 Å². The third-order valence-corrected chi connectivity index (χ3v) is 5.61. The number of nitrogens with zero attached hydrogens (tertiary/aromatic N) is 3. The molecular formula is C20H27N3O3. The molecule has 0 N–H and O–H groups in total. The van der Waals surface area contributed by atoms with Gasteiger partial charge in [0.15, 0.2) is 0 Å². The molecule has 1 aliphatic heterocycles. The minimum absolute atomic E-state index is 0.129. The maximum atomic E-state index is 11.8. The van der Waals surface area contributed by atoms with E-state index in [4.69, 9.17) is 11.3 Å². The highest BCUT2D eigenvalue weighted by molar-refractivity contribution is 5.66. The van der Waals surface area contributed by atoms with E-state index in [2.05, 4.69) is 23.6 Å². The highest BCUT2D eigenvalue weighted by Gasteiger charge is 2.46. The average Bonchev–Trinajstić information content (AvgIpc) is 2.60. The molecule has 0 unspecified atom stereocenters. The van der Waals surface area contributed by atoms with Gasteiger partial charge in [-0.1, -0.05) is 13.8 Å². The van der Waals surface area contributed by atoms with E-state index in [1.165, 1.54) is 0 Å². The van der Waals surface area contributed by atoms with Gasteiger partial charge in [0, 0.05) is 50.3 Å². The van der Waals surface area contributed by atoms with Crippen LogP contribution in [0.1, 0.15) is 51.5 Å². The molecular weight excluding hydrogens is 330 g/mol. The number of nitro groups is 1. The Bertz CT molecular complexity index is 701. The summed E-state index contributed by atoms with van der Waals surface area (Å²) in [6.07, 6.45) is 4.38. The second-order valence-corrected chi connectivity index (χ2v) is 7.85. The van der Waals surface area contributed by atoms with E-state index >= 15 is 0 Å². The Morgan fingerprint density at radius 3 is 2.58 bits per heavy atom. The second kappa shape index (κ2) is 7.63. The first-order chi connectivity index (χ1) is 12.5. The average molecular weight is 357 g/mol. The zero-order chi connectivity index (χ0) is 18.7. The van der Waals surface area contributed by atoms with Gasteiger partial charge in [-0.3, -0.25) is 10.1 Å². The summed E-state index contributed by atoms with van der Waals surface area (Å²) in [5, 5.41) is 11.8. The van der Waals surface area contributed by atoms with Gasteiger partial charge >= 0.3 is 0 Å². The van der Waals surface area contributed by atoms with E-state index in [0.29, 0.717) is 24.8 Å². The molecule has 2 aliphatic rings. The van der Waals surface area contributed by atoms with Crippen LogP contribution in [0.4, 0.5) is 11.4 Å². The van der Waals surface area contributed by atoms with Crippen molar-refractivity contribution in [2.45, 2.75) is 57.5 Å². The first-order valence-corrected chi connectivity index (χ1v) is 9.49. The van der Waals surface area contributed by atoms with Crippen LogP contribution in [0.25, 0.3) is 4.85 Å². The topological polar surface area (TPSA) is 60.0 Å². The zero-order valence-electron chi connectivity index (χ0n) is 15.6. The maximum Gasteiger partial charge on any atom is 0.293 e. The van der Waals surface area contributed by atoms with E-state index in [9.17, 15) is 10.1 Å². The smallest absolute Gasteiger partial charge is 0.293 e. The maximum absolute atomic E-state index is 11.8. The van der Waals surface area contributed by atoms with Crippen molar-refractivity contribution >= 4 is 11.4 Å². The standard InChI is InChI=1S/C20H27N3O3/c1-15(2)14-22(17-7-11-26-12-8-17)18-6-5-16(13-19(18)23(24)25)20(21-3)9-4-10-20/h5-6,13,15,17H,4,7-12,14H2,1-2H3. The second-order valence-electron chi connectivity index (χ2n) is 7.85. The Labute approximate surface area is 155 Å². The van der Waals surface area contributed by atoms with E-state index in [1.54, 1.807) is 6.07 Å². The van der Waals surface area contributed by atoms with E-state index < -0.39 is 5.54 Å². The fourth-order valence-corrected chi connectivity index (χ4v) is 4.01. The lowest BCUT2D eigenvalue weighted by Crippen LogP contribution is -2.42. The molecule has 1 aliphatic carbocycles. The number of ether oxygens (including phenoxy) is 1. The van der Waals surface area contributed by atoms with Crippen molar-refractivity contribution in [1.82, 2.24) is 0 Å². The lowest BCUT2D eigenvalue weighted by Gasteiger charge is -2.37. The predicted octanol–water partition coefficient (Wildman–Crippen LogP) is 4.53. The van der Waals surface area contributed by atoms with Crippen LogP contribution in [0.5, 0.6) is 0 Å². The Kier molecular flexibility index (Phi) is 5.47. The monoisotopic (exact) mass is 357 g/mol. The summed E-state index contributed by atoms with van der Waals surface area (Å²) in [7, 11) is 0. The number of benzene rings is 1. The predicted molar refractivity (Wildman–Crippen MR) is 101 cm³/mol. The highest BCUT2D eigenvalue weighted by atomic mass is 16.6. The quantitative estimate of drug-likeness (QED) is 0.426. The Hall–Kier alpha value is -2.13. The van der Waals surface area contributed by atoms with Gasteiger partial charge in [-0.15, -0.1) is 0 Å².